The van der Waals surface area contributed by atoms with E-state index in [9.17, 15) is 4.79 Å². The average Bonchev–Trinajstić information content (AvgIpc) is 2.30. The molecule has 4 nitrogen and oxygen atoms in total. The number of pyridine rings is 1. The molecule has 1 heterocycles. The van der Waals surface area contributed by atoms with Gasteiger partial charge in [0.2, 0.25) is 5.91 Å². The number of carbonyl (C=O) groups excluding carboxylic acids is 1. The van der Waals surface area contributed by atoms with Crippen LogP contribution in [0.15, 0.2) is 24.5 Å². The number of hydrogen-bond acceptors (Lipinski definition) is 3. The lowest BCUT2D eigenvalue weighted by atomic mass is 10.2. The van der Waals surface area contributed by atoms with Crippen molar-refractivity contribution in [3.05, 3.63) is 30.1 Å². The number of nitrogens with one attached hydrogen (secondary N) is 2. The predicted octanol–water partition coefficient (Wildman–Crippen LogP) is 1.13. The molecule has 0 atom stereocenters. The maximum absolute atomic E-state index is 11.5. The van der Waals surface area contributed by atoms with Crippen LogP contribution < -0.4 is 10.6 Å². The van der Waals surface area contributed by atoms with Crippen LogP contribution in [0.3, 0.4) is 0 Å². The maximum Gasteiger partial charge on any atom is 0.221 e. The molecular formula is C13H21N3O. The predicted molar refractivity (Wildman–Crippen MR) is 68.7 cm³/mol. The molecule has 0 radical (unpaired) electrons. The van der Waals surface area contributed by atoms with Crippen LogP contribution >= 0.6 is 0 Å². The summed E-state index contributed by atoms with van der Waals surface area (Å²) in [7, 11) is 0. The monoisotopic (exact) mass is 235 g/mol. The number of carbonyl (C=O) groups is 1. The molecule has 1 rings (SSSR count). The van der Waals surface area contributed by atoms with E-state index in [1.807, 2.05) is 12.1 Å². The summed E-state index contributed by atoms with van der Waals surface area (Å²) in [6, 6.07) is 4.36. The van der Waals surface area contributed by atoms with Gasteiger partial charge in [-0.3, -0.25) is 9.78 Å². The number of amides is 1. The van der Waals surface area contributed by atoms with Crippen LogP contribution in [0.2, 0.25) is 0 Å². The molecule has 17 heavy (non-hydrogen) atoms. The van der Waals surface area contributed by atoms with Gasteiger partial charge in [-0.1, -0.05) is 13.8 Å². The van der Waals surface area contributed by atoms with E-state index in [1.54, 1.807) is 12.4 Å². The highest BCUT2D eigenvalue weighted by Gasteiger charge is 2.01. The van der Waals surface area contributed by atoms with E-state index in [4.69, 9.17) is 0 Å². The van der Waals surface area contributed by atoms with Gasteiger partial charge < -0.3 is 10.6 Å². The molecule has 1 amide bonds. The fourth-order valence-electron chi connectivity index (χ4n) is 1.46. The van der Waals surface area contributed by atoms with Crippen molar-refractivity contribution in [3.63, 3.8) is 0 Å². The fourth-order valence-corrected chi connectivity index (χ4v) is 1.46. The summed E-state index contributed by atoms with van der Waals surface area (Å²) in [5, 5.41) is 6.12. The maximum atomic E-state index is 11.5. The van der Waals surface area contributed by atoms with Crippen molar-refractivity contribution >= 4 is 5.91 Å². The molecule has 0 saturated carbocycles. The molecule has 0 aromatic carbocycles. The van der Waals surface area contributed by atoms with E-state index < -0.39 is 0 Å². The SMILES string of the molecule is CC(C)NCCC(=O)NCCc1ccncc1. The zero-order valence-electron chi connectivity index (χ0n) is 10.6. The summed E-state index contributed by atoms with van der Waals surface area (Å²) in [4.78, 5) is 15.4. The van der Waals surface area contributed by atoms with Gasteiger partial charge in [-0.2, -0.15) is 0 Å². The highest BCUT2D eigenvalue weighted by atomic mass is 16.1. The van der Waals surface area contributed by atoms with Gasteiger partial charge in [-0.15, -0.1) is 0 Å². The number of hydrogen-bond donors (Lipinski definition) is 2. The first kappa shape index (κ1) is 13.6. The van der Waals surface area contributed by atoms with E-state index in [1.165, 1.54) is 5.56 Å². The van der Waals surface area contributed by atoms with Crippen molar-refractivity contribution in [1.82, 2.24) is 15.6 Å². The van der Waals surface area contributed by atoms with Crippen LogP contribution in [0.25, 0.3) is 0 Å². The summed E-state index contributed by atoms with van der Waals surface area (Å²) in [5.41, 5.74) is 1.20. The van der Waals surface area contributed by atoms with E-state index >= 15 is 0 Å². The molecule has 4 heteroatoms. The van der Waals surface area contributed by atoms with Gasteiger partial charge in [0.25, 0.3) is 0 Å². The van der Waals surface area contributed by atoms with E-state index in [0.29, 0.717) is 19.0 Å². The van der Waals surface area contributed by atoms with Gasteiger partial charge in [0.05, 0.1) is 0 Å². The van der Waals surface area contributed by atoms with Crippen molar-refractivity contribution < 1.29 is 4.79 Å². The first-order valence-electron chi connectivity index (χ1n) is 6.07. The second-order valence-electron chi connectivity index (χ2n) is 4.31. The Balaban J connectivity index is 2.08. The Hall–Kier alpha value is -1.42. The quantitative estimate of drug-likeness (QED) is 0.745. The zero-order chi connectivity index (χ0) is 12.5. The van der Waals surface area contributed by atoms with Gasteiger partial charge >= 0.3 is 0 Å². The molecule has 0 fully saturated rings. The van der Waals surface area contributed by atoms with Gasteiger partial charge in [0.1, 0.15) is 0 Å². The molecule has 0 spiro atoms. The van der Waals surface area contributed by atoms with Gasteiger partial charge in [-0.25, -0.2) is 0 Å². The molecule has 0 unspecified atom stereocenters. The topological polar surface area (TPSA) is 54.0 Å². The van der Waals surface area contributed by atoms with Crippen LogP contribution in [-0.4, -0.2) is 30.0 Å². The van der Waals surface area contributed by atoms with Crippen molar-refractivity contribution in [2.75, 3.05) is 13.1 Å². The van der Waals surface area contributed by atoms with Gasteiger partial charge in [-0.05, 0) is 24.1 Å². The molecule has 1 aromatic heterocycles. The zero-order valence-corrected chi connectivity index (χ0v) is 10.6. The highest BCUT2D eigenvalue weighted by molar-refractivity contribution is 5.76. The van der Waals surface area contributed by atoms with Gasteiger partial charge in [0.15, 0.2) is 0 Å². The summed E-state index contributed by atoms with van der Waals surface area (Å²) in [5.74, 6) is 0.104. The van der Waals surface area contributed by atoms with Crippen molar-refractivity contribution in [2.24, 2.45) is 0 Å². The third kappa shape index (κ3) is 6.68. The van der Waals surface area contributed by atoms with Crippen LogP contribution in [-0.2, 0) is 11.2 Å². The molecule has 0 bridgehead atoms. The van der Waals surface area contributed by atoms with Crippen LogP contribution in [0.1, 0.15) is 25.8 Å². The average molecular weight is 235 g/mol. The summed E-state index contributed by atoms with van der Waals surface area (Å²) in [6.07, 6.45) is 4.92. The Bertz CT molecular complexity index is 325. The normalized spacial score (nSPS) is 10.5. The minimum absolute atomic E-state index is 0.104. The Morgan fingerprint density at radius 2 is 2.00 bits per heavy atom. The van der Waals surface area contributed by atoms with E-state index in [-0.39, 0.29) is 5.91 Å². The molecule has 0 aliphatic carbocycles. The Labute approximate surface area is 103 Å². The van der Waals surface area contributed by atoms with Crippen molar-refractivity contribution in [3.8, 4) is 0 Å². The minimum Gasteiger partial charge on any atom is -0.356 e. The Morgan fingerprint density at radius 1 is 1.29 bits per heavy atom. The van der Waals surface area contributed by atoms with Crippen LogP contribution in [0.4, 0.5) is 0 Å². The summed E-state index contributed by atoms with van der Waals surface area (Å²) in [6.45, 7) is 5.56. The molecule has 2 N–H and O–H groups in total. The smallest absolute Gasteiger partial charge is 0.221 e. The highest BCUT2D eigenvalue weighted by Crippen LogP contribution is 1.95. The Morgan fingerprint density at radius 3 is 2.65 bits per heavy atom. The third-order valence-electron chi connectivity index (χ3n) is 2.39. The lowest BCUT2D eigenvalue weighted by Gasteiger charge is -2.08. The van der Waals surface area contributed by atoms with E-state index in [0.717, 1.165) is 13.0 Å². The van der Waals surface area contributed by atoms with Crippen LogP contribution in [0, 0.1) is 0 Å². The lowest BCUT2D eigenvalue weighted by Crippen LogP contribution is -2.31. The third-order valence-corrected chi connectivity index (χ3v) is 2.39. The largest absolute Gasteiger partial charge is 0.356 e. The number of rotatable bonds is 7. The summed E-state index contributed by atoms with van der Waals surface area (Å²) < 4.78 is 0. The first-order chi connectivity index (χ1) is 8.18. The first-order valence-corrected chi connectivity index (χ1v) is 6.07. The minimum atomic E-state index is 0.104. The molecule has 0 aliphatic heterocycles. The second kappa shape index (κ2) is 7.79. The number of nitrogens with zero attached hydrogens (tertiary/aromatic N) is 1. The molecule has 0 saturated heterocycles. The summed E-state index contributed by atoms with van der Waals surface area (Å²) >= 11 is 0. The fraction of sp³-hybridized carbons (Fsp3) is 0.538. The Kier molecular flexibility index (Phi) is 6.25. The van der Waals surface area contributed by atoms with Gasteiger partial charge in [0, 0.05) is 37.9 Å². The standard InChI is InChI=1S/C13H21N3O/c1-11(2)15-10-6-13(17)16-9-5-12-3-7-14-8-4-12/h3-4,7-8,11,15H,5-6,9-10H2,1-2H3,(H,16,17). The van der Waals surface area contributed by atoms with Crippen LogP contribution in [0.5, 0.6) is 0 Å². The molecular weight excluding hydrogens is 214 g/mol. The van der Waals surface area contributed by atoms with Crippen molar-refractivity contribution in [1.29, 1.82) is 0 Å². The second-order valence-corrected chi connectivity index (χ2v) is 4.31. The van der Waals surface area contributed by atoms with Crippen molar-refractivity contribution in [2.45, 2.75) is 32.7 Å². The van der Waals surface area contributed by atoms with E-state index in [2.05, 4.69) is 29.5 Å². The lowest BCUT2D eigenvalue weighted by molar-refractivity contribution is -0.120. The number of aromatic nitrogens is 1. The molecule has 94 valence electrons. The molecule has 1 aromatic rings. The molecule has 0 aliphatic rings.